The zero-order chi connectivity index (χ0) is 20.9. The van der Waals surface area contributed by atoms with Gasteiger partial charge in [-0.3, -0.25) is 9.59 Å². The summed E-state index contributed by atoms with van der Waals surface area (Å²) in [5.74, 6) is 0.667. The fraction of sp³-hybridized carbons (Fsp3) is 0.348. The molecule has 2 heterocycles. The zero-order valence-corrected chi connectivity index (χ0v) is 17.4. The maximum Gasteiger partial charge on any atom is 0.253 e. The van der Waals surface area contributed by atoms with E-state index < -0.39 is 0 Å². The normalized spacial score (nSPS) is 24.1. The first-order chi connectivity index (χ1) is 14.4. The lowest BCUT2D eigenvalue weighted by molar-refractivity contribution is -0.162. The van der Waals surface area contributed by atoms with Crippen molar-refractivity contribution in [1.82, 2.24) is 14.7 Å². The molecule has 0 spiro atoms. The van der Waals surface area contributed by atoms with Crippen molar-refractivity contribution in [3.63, 3.8) is 0 Å². The number of nitrogens with zero attached hydrogens (tertiary/aromatic N) is 2. The third-order valence-electron chi connectivity index (χ3n) is 6.27. The summed E-state index contributed by atoms with van der Waals surface area (Å²) in [5.41, 5.74) is 2.21. The molecule has 1 aromatic carbocycles. The smallest absolute Gasteiger partial charge is 0.253 e. The number of ether oxygens (including phenoxy) is 1. The highest BCUT2D eigenvalue weighted by atomic mass is 35.5. The Labute approximate surface area is 179 Å². The molecule has 1 amide bonds. The Morgan fingerprint density at radius 2 is 2.03 bits per heavy atom. The van der Waals surface area contributed by atoms with Gasteiger partial charge < -0.3 is 14.5 Å². The van der Waals surface area contributed by atoms with Crippen LogP contribution in [0.4, 0.5) is 0 Å². The summed E-state index contributed by atoms with van der Waals surface area (Å²) in [6.45, 7) is 1.97. The van der Waals surface area contributed by atoms with Crippen molar-refractivity contribution in [2.45, 2.75) is 38.1 Å². The summed E-state index contributed by atoms with van der Waals surface area (Å²) in [4.78, 5) is 29.2. The lowest BCUT2D eigenvalue weighted by atomic mass is 9.38. The minimum atomic E-state index is -0.157. The topological polar surface area (TPSA) is 72.7 Å². The highest BCUT2D eigenvalue weighted by Crippen LogP contribution is 2.69. The van der Waals surface area contributed by atoms with Crippen LogP contribution in [-0.2, 0) is 4.79 Å². The third kappa shape index (κ3) is 3.35. The van der Waals surface area contributed by atoms with E-state index in [0.717, 1.165) is 30.5 Å². The average Bonchev–Trinajstić information content (AvgIpc) is 3.14. The number of carbonyl (C=O) groups is 2. The van der Waals surface area contributed by atoms with E-state index in [9.17, 15) is 9.59 Å². The molecule has 0 atom stereocenters. The number of halogens is 1. The van der Waals surface area contributed by atoms with E-state index in [1.54, 1.807) is 30.6 Å². The van der Waals surface area contributed by atoms with Gasteiger partial charge in [0.2, 0.25) is 0 Å². The van der Waals surface area contributed by atoms with Gasteiger partial charge in [0.15, 0.2) is 5.78 Å². The number of rotatable bonds is 7. The van der Waals surface area contributed by atoms with Gasteiger partial charge in [0.05, 0.1) is 5.56 Å². The highest BCUT2D eigenvalue weighted by Gasteiger charge is 2.68. The first-order valence-corrected chi connectivity index (χ1v) is 10.4. The van der Waals surface area contributed by atoms with Gasteiger partial charge in [0.25, 0.3) is 5.91 Å². The monoisotopic (exact) mass is 423 g/mol. The quantitative estimate of drug-likeness (QED) is 0.623. The van der Waals surface area contributed by atoms with Crippen LogP contribution in [0.1, 0.15) is 41.6 Å². The van der Waals surface area contributed by atoms with Crippen molar-refractivity contribution in [2.75, 3.05) is 6.61 Å². The molecule has 0 radical (unpaired) electrons. The van der Waals surface area contributed by atoms with E-state index in [0.29, 0.717) is 22.8 Å². The second-order valence-corrected chi connectivity index (χ2v) is 9.20. The Balaban J connectivity index is 1.11. The molecule has 3 fully saturated rings. The minimum Gasteiger partial charge on any atom is -0.486 e. The number of benzene rings is 1. The Bertz CT molecular complexity index is 1150. The minimum absolute atomic E-state index is 0.0257. The molecule has 1 N–H and O–H groups in total. The first-order valence-electron chi connectivity index (χ1n) is 10.0. The van der Waals surface area contributed by atoms with E-state index in [-0.39, 0.29) is 29.3 Å². The van der Waals surface area contributed by atoms with Crippen molar-refractivity contribution in [2.24, 2.45) is 5.41 Å². The Kier molecular flexibility index (Phi) is 4.36. The van der Waals surface area contributed by atoms with Gasteiger partial charge in [-0.25, -0.2) is 4.98 Å². The molecule has 2 aromatic heterocycles. The number of carbonyl (C=O) groups excluding carboxylic acids is 2. The van der Waals surface area contributed by atoms with Crippen LogP contribution in [0.2, 0.25) is 5.02 Å². The molecule has 0 unspecified atom stereocenters. The van der Waals surface area contributed by atoms with Crippen LogP contribution in [0.3, 0.4) is 0 Å². The molecule has 7 heteroatoms. The van der Waals surface area contributed by atoms with E-state index in [1.807, 2.05) is 29.7 Å². The summed E-state index contributed by atoms with van der Waals surface area (Å²) in [5, 5.41) is 3.85. The lowest BCUT2D eigenvalue weighted by Gasteiger charge is -2.70. The summed E-state index contributed by atoms with van der Waals surface area (Å²) in [7, 11) is 0. The first kappa shape index (κ1) is 19.1. The molecule has 0 aliphatic heterocycles. The number of Topliss-reactive ketones (excluding diaryl/α,β-unsaturated/α-hetero) is 1. The second-order valence-electron chi connectivity index (χ2n) is 8.79. The van der Waals surface area contributed by atoms with Crippen molar-refractivity contribution < 1.29 is 14.3 Å². The van der Waals surface area contributed by atoms with Crippen LogP contribution in [0.15, 0.2) is 48.9 Å². The molecule has 154 valence electrons. The SMILES string of the molecule is Cc1cc(OCC(=O)CC23CC(NC(=O)c4ccc5nccn5c4)(C2)C3)ccc1Cl. The van der Waals surface area contributed by atoms with Crippen LogP contribution < -0.4 is 10.1 Å². The number of nitrogens with one attached hydrogen (secondary N) is 1. The maximum absolute atomic E-state index is 12.6. The number of imidazole rings is 1. The standard InChI is InChI=1S/C23H22ClN3O3/c1-15-8-18(3-4-19(15)24)30-11-17(28)9-22-12-23(13-22,14-22)26-21(29)16-2-5-20-25-6-7-27(20)10-16/h2-8,10H,9,11-14H2,1H3,(H,26,29). The van der Waals surface area contributed by atoms with Crippen LogP contribution >= 0.6 is 11.6 Å². The van der Waals surface area contributed by atoms with Gasteiger partial charge in [0, 0.05) is 35.6 Å². The number of fused-ring (bicyclic) bond motifs is 1. The van der Waals surface area contributed by atoms with Crippen molar-refractivity contribution in [3.05, 3.63) is 65.1 Å². The maximum atomic E-state index is 12.6. The summed E-state index contributed by atoms with van der Waals surface area (Å²) < 4.78 is 7.46. The number of pyridine rings is 1. The fourth-order valence-corrected chi connectivity index (χ4v) is 5.14. The van der Waals surface area contributed by atoms with Gasteiger partial charge in [-0.1, -0.05) is 11.6 Å². The molecule has 2 bridgehead atoms. The molecule has 0 saturated heterocycles. The molecule has 3 aliphatic rings. The van der Waals surface area contributed by atoms with E-state index in [2.05, 4.69) is 10.3 Å². The predicted octanol–water partition coefficient (Wildman–Crippen LogP) is 3.99. The Morgan fingerprint density at radius 3 is 2.80 bits per heavy atom. The number of aromatic nitrogens is 2. The van der Waals surface area contributed by atoms with Crippen LogP contribution in [-0.4, -0.2) is 33.2 Å². The molecule has 3 aromatic rings. The van der Waals surface area contributed by atoms with E-state index >= 15 is 0 Å². The third-order valence-corrected chi connectivity index (χ3v) is 6.70. The highest BCUT2D eigenvalue weighted by molar-refractivity contribution is 6.31. The van der Waals surface area contributed by atoms with Crippen molar-refractivity contribution in [3.8, 4) is 5.75 Å². The van der Waals surface area contributed by atoms with Gasteiger partial charge in [-0.15, -0.1) is 0 Å². The Morgan fingerprint density at radius 1 is 1.23 bits per heavy atom. The summed E-state index contributed by atoms with van der Waals surface area (Å²) >= 11 is 6.01. The van der Waals surface area contributed by atoms with E-state index in [1.165, 1.54) is 0 Å². The molecule has 6 nitrogen and oxygen atoms in total. The van der Waals surface area contributed by atoms with Crippen LogP contribution in [0.5, 0.6) is 5.75 Å². The molecule has 30 heavy (non-hydrogen) atoms. The number of hydrogen-bond acceptors (Lipinski definition) is 4. The number of amides is 1. The van der Waals surface area contributed by atoms with Gasteiger partial charge in [0.1, 0.15) is 18.0 Å². The lowest BCUT2D eigenvalue weighted by Crippen LogP contribution is -2.75. The van der Waals surface area contributed by atoms with Gasteiger partial charge in [-0.05, 0) is 67.5 Å². The molecular formula is C23H22ClN3O3. The Hall–Kier alpha value is -2.86. The predicted molar refractivity (Wildman–Crippen MR) is 113 cm³/mol. The zero-order valence-electron chi connectivity index (χ0n) is 16.7. The summed E-state index contributed by atoms with van der Waals surface area (Å²) in [6, 6.07) is 9.00. The largest absolute Gasteiger partial charge is 0.486 e. The molecule has 3 saturated carbocycles. The number of ketones is 1. The number of aryl methyl sites for hydroxylation is 1. The van der Waals surface area contributed by atoms with Gasteiger partial charge in [-0.2, -0.15) is 0 Å². The molecule has 3 aliphatic carbocycles. The average molecular weight is 424 g/mol. The van der Waals surface area contributed by atoms with Crippen molar-refractivity contribution in [1.29, 1.82) is 0 Å². The van der Waals surface area contributed by atoms with Crippen molar-refractivity contribution >= 4 is 28.9 Å². The molecule has 6 rings (SSSR count). The second kappa shape index (κ2) is 6.84. The van der Waals surface area contributed by atoms with Gasteiger partial charge >= 0.3 is 0 Å². The van der Waals surface area contributed by atoms with Crippen LogP contribution in [0.25, 0.3) is 5.65 Å². The summed E-state index contributed by atoms with van der Waals surface area (Å²) in [6.07, 6.45) is 8.37. The number of hydrogen-bond donors (Lipinski definition) is 1. The fourth-order valence-electron chi connectivity index (χ4n) is 5.03. The molecular weight excluding hydrogens is 402 g/mol. The van der Waals surface area contributed by atoms with Crippen LogP contribution in [0, 0.1) is 12.3 Å². The van der Waals surface area contributed by atoms with E-state index in [4.69, 9.17) is 16.3 Å².